The lowest BCUT2D eigenvalue weighted by Gasteiger charge is -2.21. The van der Waals surface area contributed by atoms with Crippen molar-refractivity contribution in [2.24, 2.45) is 0 Å². The first-order chi connectivity index (χ1) is 13.4. The standard InChI is InChI=1S/C21H28N2O4S/c1-4-16(3)22-21(24)20(15-17-9-7-6-8-10-17)23-28(25,26)19-13-11-18(12-14-19)27-5-2/h6-14,16,20,23H,4-5,15H2,1-3H3,(H,22,24)/t16-,20+/m1/s1. The summed E-state index contributed by atoms with van der Waals surface area (Å²) in [5.74, 6) is 0.254. The van der Waals surface area contributed by atoms with Crippen molar-refractivity contribution in [1.29, 1.82) is 0 Å². The second kappa shape index (κ2) is 10.2. The Morgan fingerprint density at radius 3 is 2.25 bits per heavy atom. The van der Waals surface area contributed by atoms with Gasteiger partial charge in [-0.15, -0.1) is 0 Å². The van der Waals surface area contributed by atoms with Gasteiger partial charge >= 0.3 is 0 Å². The molecule has 2 rings (SSSR count). The van der Waals surface area contributed by atoms with Crippen molar-refractivity contribution in [2.75, 3.05) is 6.61 Å². The van der Waals surface area contributed by atoms with Crippen LogP contribution in [0.1, 0.15) is 32.8 Å². The summed E-state index contributed by atoms with van der Waals surface area (Å²) >= 11 is 0. The molecule has 1 amide bonds. The van der Waals surface area contributed by atoms with Crippen molar-refractivity contribution in [2.45, 2.75) is 50.6 Å². The zero-order valence-electron chi connectivity index (χ0n) is 16.5. The summed E-state index contributed by atoms with van der Waals surface area (Å²) in [5.41, 5.74) is 0.876. The number of rotatable bonds is 10. The molecule has 2 aromatic carbocycles. The van der Waals surface area contributed by atoms with Crippen LogP contribution in [0.5, 0.6) is 5.75 Å². The lowest BCUT2D eigenvalue weighted by Crippen LogP contribution is -2.50. The minimum atomic E-state index is -3.87. The summed E-state index contributed by atoms with van der Waals surface area (Å²) < 4.78 is 33.6. The van der Waals surface area contributed by atoms with Crippen LogP contribution in [0, 0.1) is 0 Å². The van der Waals surface area contributed by atoms with E-state index in [2.05, 4.69) is 10.0 Å². The molecule has 2 atom stereocenters. The van der Waals surface area contributed by atoms with E-state index < -0.39 is 16.1 Å². The lowest BCUT2D eigenvalue weighted by atomic mass is 10.1. The Hall–Kier alpha value is -2.38. The fraction of sp³-hybridized carbons (Fsp3) is 0.381. The Kier molecular flexibility index (Phi) is 8.02. The van der Waals surface area contributed by atoms with Crippen LogP contribution >= 0.6 is 0 Å². The van der Waals surface area contributed by atoms with Crippen molar-refractivity contribution >= 4 is 15.9 Å². The molecule has 0 saturated carbocycles. The van der Waals surface area contributed by atoms with E-state index in [9.17, 15) is 13.2 Å². The van der Waals surface area contributed by atoms with E-state index in [4.69, 9.17) is 4.74 Å². The molecule has 2 N–H and O–H groups in total. The smallest absolute Gasteiger partial charge is 0.241 e. The first-order valence-electron chi connectivity index (χ1n) is 9.45. The van der Waals surface area contributed by atoms with Gasteiger partial charge < -0.3 is 10.1 Å². The number of hydrogen-bond donors (Lipinski definition) is 2. The summed E-state index contributed by atoms with van der Waals surface area (Å²) in [6.45, 7) is 6.20. The largest absolute Gasteiger partial charge is 0.494 e. The predicted molar refractivity (Wildman–Crippen MR) is 110 cm³/mol. The lowest BCUT2D eigenvalue weighted by molar-refractivity contribution is -0.123. The number of benzene rings is 2. The zero-order chi connectivity index (χ0) is 20.6. The maximum absolute atomic E-state index is 12.8. The third-order valence-corrected chi connectivity index (χ3v) is 5.83. The van der Waals surface area contributed by atoms with E-state index in [1.807, 2.05) is 51.1 Å². The van der Waals surface area contributed by atoms with Crippen molar-refractivity contribution in [3.05, 3.63) is 60.2 Å². The average molecular weight is 405 g/mol. The molecular formula is C21H28N2O4S. The third kappa shape index (κ3) is 6.35. The van der Waals surface area contributed by atoms with Gasteiger partial charge in [0.25, 0.3) is 0 Å². The van der Waals surface area contributed by atoms with Crippen LogP contribution in [-0.2, 0) is 21.2 Å². The molecule has 0 aliphatic carbocycles. The minimum Gasteiger partial charge on any atom is -0.494 e. The maximum Gasteiger partial charge on any atom is 0.241 e. The second-order valence-electron chi connectivity index (χ2n) is 6.59. The van der Waals surface area contributed by atoms with E-state index in [1.165, 1.54) is 12.1 Å². The Morgan fingerprint density at radius 1 is 1.04 bits per heavy atom. The van der Waals surface area contributed by atoms with Crippen LogP contribution in [0.4, 0.5) is 0 Å². The van der Waals surface area contributed by atoms with Crippen LogP contribution in [0.2, 0.25) is 0 Å². The van der Waals surface area contributed by atoms with Crippen LogP contribution in [0.15, 0.2) is 59.5 Å². The Balaban J connectivity index is 2.22. The third-order valence-electron chi connectivity index (χ3n) is 4.34. The van der Waals surface area contributed by atoms with Gasteiger partial charge in [-0.3, -0.25) is 4.79 Å². The summed E-state index contributed by atoms with van der Waals surface area (Å²) in [4.78, 5) is 12.8. The molecule has 6 nitrogen and oxygen atoms in total. The second-order valence-corrected chi connectivity index (χ2v) is 8.30. The van der Waals surface area contributed by atoms with Gasteiger partial charge in [-0.25, -0.2) is 8.42 Å². The molecule has 0 radical (unpaired) electrons. The van der Waals surface area contributed by atoms with Crippen molar-refractivity contribution in [3.63, 3.8) is 0 Å². The van der Waals surface area contributed by atoms with Gasteiger partial charge in [0.1, 0.15) is 11.8 Å². The quantitative estimate of drug-likeness (QED) is 0.638. The number of hydrogen-bond acceptors (Lipinski definition) is 4. The molecule has 0 bridgehead atoms. The molecule has 0 fully saturated rings. The van der Waals surface area contributed by atoms with E-state index in [-0.39, 0.29) is 23.3 Å². The highest BCUT2D eigenvalue weighted by Crippen LogP contribution is 2.17. The van der Waals surface area contributed by atoms with Crippen molar-refractivity contribution < 1.29 is 17.9 Å². The van der Waals surface area contributed by atoms with Crippen LogP contribution in [0.3, 0.4) is 0 Å². The fourth-order valence-corrected chi connectivity index (χ4v) is 3.82. The van der Waals surface area contributed by atoms with Gasteiger partial charge in [0.05, 0.1) is 11.5 Å². The number of carbonyl (C=O) groups excluding carboxylic acids is 1. The summed E-state index contributed by atoms with van der Waals surface area (Å²) in [6, 6.07) is 14.5. The summed E-state index contributed by atoms with van der Waals surface area (Å²) in [7, 11) is -3.87. The Morgan fingerprint density at radius 2 is 1.68 bits per heavy atom. The van der Waals surface area contributed by atoms with E-state index >= 15 is 0 Å². The SMILES string of the molecule is CCOc1ccc(S(=O)(=O)N[C@@H](Cc2ccccc2)C(=O)N[C@H](C)CC)cc1. The maximum atomic E-state index is 12.8. The highest BCUT2D eigenvalue weighted by Gasteiger charge is 2.26. The number of nitrogens with one attached hydrogen (secondary N) is 2. The average Bonchev–Trinajstić information content (AvgIpc) is 2.68. The van der Waals surface area contributed by atoms with Crippen LogP contribution < -0.4 is 14.8 Å². The number of sulfonamides is 1. The topological polar surface area (TPSA) is 84.5 Å². The van der Waals surface area contributed by atoms with Gasteiger partial charge in [-0.1, -0.05) is 37.3 Å². The Bertz CT molecular complexity index is 852. The van der Waals surface area contributed by atoms with Crippen molar-refractivity contribution in [3.8, 4) is 5.75 Å². The van der Waals surface area contributed by atoms with Crippen molar-refractivity contribution in [1.82, 2.24) is 10.0 Å². The van der Waals surface area contributed by atoms with E-state index in [0.717, 1.165) is 12.0 Å². The van der Waals surface area contributed by atoms with Crippen LogP contribution in [-0.4, -0.2) is 33.0 Å². The molecule has 0 spiro atoms. The number of ether oxygens (including phenoxy) is 1. The van der Waals surface area contributed by atoms with E-state index in [1.54, 1.807) is 12.1 Å². The van der Waals surface area contributed by atoms with Gasteiger partial charge in [-0.05, 0) is 56.5 Å². The first kappa shape index (κ1) is 21.9. The van der Waals surface area contributed by atoms with Gasteiger partial charge in [0.15, 0.2) is 0 Å². The fourth-order valence-electron chi connectivity index (χ4n) is 2.62. The van der Waals surface area contributed by atoms with Gasteiger partial charge in [0.2, 0.25) is 15.9 Å². The molecule has 0 aliphatic rings. The monoisotopic (exact) mass is 404 g/mol. The summed E-state index contributed by atoms with van der Waals surface area (Å²) in [6.07, 6.45) is 1.02. The molecular weight excluding hydrogens is 376 g/mol. The highest BCUT2D eigenvalue weighted by molar-refractivity contribution is 7.89. The molecule has 28 heavy (non-hydrogen) atoms. The molecule has 152 valence electrons. The van der Waals surface area contributed by atoms with Gasteiger partial charge in [0, 0.05) is 6.04 Å². The first-order valence-corrected chi connectivity index (χ1v) is 10.9. The number of carbonyl (C=O) groups is 1. The van der Waals surface area contributed by atoms with Gasteiger partial charge in [-0.2, -0.15) is 4.72 Å². The zero-order valence-corrected chi connectivity index (χ0v) is 17.3. The summed E-state index contributed by atoms with van der Waals surface area (Å²) in [5, 5.41) is 2.86. The minimum absolute atomic E-state index is 0.0410. The molecule has 0 unspecified atom stereocenters. The molecule has 0 aromatic heterocycles. The van der Waals surface area contributed by atoms with E-state index in [0.29, 0.717) is 12.4 Å². The van der Waals surface area contributed by atoms with Crippen LogP contribution in [0.25, 0.3) is 0 Å². The Labute approximate surface area is 167 Å². The predicted octanol–water partition coefficient (Wildman–Crippen LogP) is 2.89. The number of amides is 1. The molecule has 0 heterocycles. The molecule has 0 aliphatic heterocycles. The molecule has 0 saturated heterocycles. The molecule has 2 aromatic rings. The normalized spacial score (nSPS) is 13.5. The highest BCUT2D eigenvalue weighted by atomic mass is 32.2. The molecule has 7 heteroatoms.